The molecular formula is C30H26FN3O2S. The maximum absolute atomic E-state index is 13.7. The molecule has 0 radical (unpaired) electrons. The van der Waals surface area contributed by atoms with Gasteiger partial charge in [0.05, 0.1) is 31.7 Å². The first-order valence-corrected chi connectivity index (χ1v) is 13.0. The Morgan fingerprint density at radius 1 is 0.946 bits per heavy atom. The molecule has 3 aromatic carbocycles. The van der Waals surface area contributed by atoms with E-state index in [1.807, 2.05) is 48.5 Å². The first-order chi connectivity index (χ1) is 18.2. The molecule has 3 aromatic rings. The monoisotopic (exact) mass is 511 g/mol. The predicted octanol–water partition coefficient (Wildman–Crippen LogP) is 6.24. The number of para-hydroxylation sites is 2. The summed E-state index contributed by atoms with van der Waals surface area (Å²) in [6.07, 6.45) is 2.16. The number of hydrogen-bond donors (Lipinski definition) is 1. The third-order valence-electron chi connectivity index (χ3n) is 6.82. The summed E-state index contributed by atoms with van der Waals surface area (Å²) in [6, 6.07) is 22.6. The lowest BCUT2D eigenvalue weighted by Crippen LogP contribution is -2.40. The van der Waals surface area contributed by atoms with Crippen LogP contribution < -0.4 is 14.8 Å². The summed E-state index contributed by atoms with van der Waals surface area (Å²) in [5.41, 5.74) is 7.26. The fourth-order valence-corrected chi connectivity index (χ4v) is 6.05. The largest absolute Gasteiger partial charge is 0.496 e. The summed E-state index contributed by atoms with van der Waals surface area (Å²) in [7, 11) is 3.39. The van der Waals surface area contributed by atoms with Gasteiger partial charge in [-0.25, -0.2) is 9.38 Å². The molecule has 186 valence electrons. The van der Waals surface area contributed by atoms with E-state index in [4.69, 9.17) is 14.5 Å². The molecule has 1 N–H and O–H groups in total. The molecule has 0 amide bonds. The lowest BCUT2D eigenvalue weighted by atomic mass is 9.88. The number of ether oxygens (including phenoxy) is 2. The topological polar surface area (TPSA) is 46.1 Å². The van der Waals surface area contributed by atoms with Crippen molar-refractivity contribution in [2.24, 2.45) is 4.99 Å². The van der Waals surface area contributed by atoms with Crippen LogP contribution in [0, 0.1) is 5.82 Å². The summed E-state index contributed by atoms with van der Waals surface area (Å²) >= 11 is 1.59. The minimum absolute atomic E-state index is 0.140. The molecule has 0 spiro atoms. The standard InChI is InChI=1S/C30H26FN3O2S/c1-35-26-9-5-3-7-20(26)15-21-16-32-17-24-28(21)33-30-34(29(24)23-8-4-6-10-27(23)36-2)25(18-37-30)19-11-13-22(31)14-12-19/h3-15,18,29,32H,16-17H2,1-2H3/b21-15+. The Morgan fingerprint density at radius 3 is 2.46 bits per heavy atom. The Kier molecular flexibility index (Phi) is 6.32. The zero-order valence-corrected chi connectivity index (χ0v) is 21.4. The van der Waals surface area contributed by atoms with Gasteiger partial charge in [0.1, 0.15) is 17.3 Å². The van der Waals surface area contributed by atoms with Crippen molar-refractivity contribution in [2.75, 3.05) is 27.3 Å². The number of nitrogens with one attached hydrogen (secondary N) is 1. The number of nitrogens with zero attached hydrogens (tertiary/aromatic N) is 2. The van der Waals surface area contributed by atoms with Crippen molar-refractivity contribution >= 4 is 28.7 Å². The molecule has 0 saturated carbocycles. The molecule has 0 bridgehead atoms. The summed E-state index contributed by atoms with van der Waals surface area (Å²) in [4.78, 5) is 7.44. The molecule has 1 unspecified atom stereocenters. The fourth-order valence-electron chi connectivity index (χ4n) is 5.12. The lowest BCUT2D eigenvalue weighted by Gasteiger charge is -2.40. The number of amidine groups is 1. The van der Waals surface area contributed by atoms with Crippen molar-refractivity contribution in [2.45, 2.75) is 6.04 Å². The molecule has 0 aromatic heterocycles. The van der Waals surface area contributed by atoms with Gasteiger partial charge in [0.15, 0.2) is 5.17 Å². The van der Waals surface area contributed by atoms with Crippen LogP contribution in [0.2, 0.25) is 0 Å². The van der Waals surface area contributed by atoms with E-state index >= 15 is 0 Å². The van der Waals surface area contributed by atoms with Crippen LogP contribution in [0.3, 0.4) is 0 Å². The van der Waals surface area contributed by atoms with Crippen molar-refractivity contribution < 1.29 is 13.9 Å². The molecular weight excluding hydrogens is 485 g/mol. The SMILES string of the molecule is COc1ccccc1/C=C1\CNCC2=C1N=C1SC=C(c3ccc(F)cc3)N1C2c1ccccc1OC. The van der Waals surface area contributed by atoms with Crippen molar-refractivity contribution in [3.8, 4) is 11.5 Å². The van der Waals surface area contributed by atoms with Gasteiger partial charge >= 0.3 is 0 Å². The smallest absolute Gasteiger partial charge is 0.174 e. The highest BCUT2D eigenvalue weighted by molar-refractivity contribution is 8.16. The maximum Gasteiger partial charge on any atom is 0.174 e. The Morgan fingerprint density at radius 2 is 1.68 bits per heavy atom. The quantitative estimate of drug-likeness (QED) is 0.439. The van der Waals surface area contributed by atoms with E-state index in [-0.39, 0.29) is 11.9 Å². The van der Waals surface area contributed by atoms with Crippen LogP contribution in [-0.2, 0) is 0 Å². The van der Waals surface area contributed by atoms with Gasteiger partial charge in [0.2, 0.25) is 0 Å². The average Bonchev–Trinajstić information content (AvgIpc) is 3.36. The van der Waals surface area contributed by atoms with Crippen molar-refractivity contribution in [3.63, 3.8) is 0 Å². The Balaban J connectivity index is 1.52. The molecule has 0 saturated heterocycles. The van der Waals surface area contributed by atoms with Crippen molar-refractivity contribution in [3.05, 3.63) is 118 Å². The van der Waals surface area contributed by atoms with Gasteiger partial charge in [-0.1, -0.05) is 48.2 Å². The Labute approximate surface area is 220 Å². The van der Waals surface area contributed by atoms with Crippen LogP contribution in [0.25, 0.3) is 11.8 Å². The van der Waals surface area contributed by atoms with Gasteiger partial charge in [-0.2, -0.15) is 0 Å². The van der Waals surface area contributed by atoms with E-state index < -0.39 is 0 Å². The molecule has 37 heavy (non-hydrogen) atoms. The zero-order chi connectivity index (χ0) is 25.4. The van der Waals surface area contributed by atoms with Gasteiger partial charge in [0.25, 0.3) is 0 Å². The second-order valence-electron chi connectivity index (χ2n) is 8.93. The molecule has 1 atom stereocenters. The second-order valence-corrected chi connectivity index (χ2v) is 9.76. The number of methoxy groups -OCH3 is 2. The van der Waals surface area contributed by atoms with Gasteiger partial charge in [0, 0.05) is 29.6 Å². The zero-order valence-electron chi connectivity index (χ0n) is 20.6. The van der Waals surface area contributed by atoms with E-state index in [9.17, 15) is 4.39 Å². The van der Waals surface area contributed by atoms with E-state index in [1.54, 1.807) is 26.0 Å². The number of rotatable bonds is 5. The molecule has 0 aliphatic carbocycles. The highest BCUT2D eigenvalue weighted by atomic mass is 32.2. The summed E-state index contributed by atoms with van der Waals surface area (Å²) in [6.45, 7) is 1.39. The maximum atomic E-state index is 13.7. The molecule has 3 heterocycles. The van der Waals surface area contributed by atoms with Crippen LogP contribution in [0.4, 0.5) is 4.39 Å². The van der Waals surface area contributed by atoms with Gasteiger partial charge in [-0.15, -0.1) is 0 Å². The van der Waals surface area contributed by atoms with Crippen LogP contribution in [0.5, 0.6) is 11.5 Å². The fraction of sp³-hybridized carbons (Fsp3) is 0.167. The van der Waals surface area contributed by atoms with Gasteiger partial charge < -0.3 is 19.7 Å². The number of halogens is 1. The highest BCUT2D eigenvalue weighted by Crippen LogP contribution is 2.50. The molecule has 6 rings (SSSR count). The molecule has 7 heteroatoms. The van der Waals surface area contributed by atoms with E-state index in [2.05, 4.69) is 33.8 Å². The van der Waals surface area contributed by atoms with Gasteiger partial charge in [-0.05, 0) is 59.2 Å². The normalized spacial score (nSPS) is 19.8. The van der Waals surface area contributed by atoms with Crippen LogP contribution in [0.1, 0.15) is 22.7 Å². The number of fused-ring (bicyclic) bond motifs is 1. The number of benzene rings is 3. The predicted molar refractivity (Wildman–Crippen MR) is 148 cm³/mol. The molecule has 3 aliphatic heterocycles. The summed E-state index contributed by atoms with van der Waals surface area (Å²) in [5.74, 6) is 1.39. The van der Waals surface area contributed by atoms with E-state index in [0.717, 1.165) is 55.9 Å². The molecule has 3 aliphatic rings. The van der Waals surface area contributed by atoms with Crippen LogP contribution >= 0.6 is 11.8 Å². The number of hydrogen-bond acceptors (Lipinski definition) is 6. The Hall–Kier alpha value is -3.81. The minimum atomic E-state index is -0.253. The molecule has 0 fully saturated rings. The van der Waals surface area contributed by atoms with Crippen LogP contribution in [-0.4, -0.2) is 37.4 Å². The van der Waals surface area contributed by atoms with Gasteiger partial charge in [-0.3, -0.25) is 0 Å². The first-order valence-electron chi connectivity index (χ1n) is 12.1. The molecule has 5 nitrogen and oxygen atoms in total. The van der Waals surface area contributed by atoms with Crippen molar-refractivity contribution in [1.82, 2.24) is 10.2 Å². The number of thioether (sulfide) groups is 1. The highest BCUT2D eigenvalue weighted by Gasteiger charge is 2.41. The summed E-state index contributed by atoms with van der Waals surface area (Å²) < 4.78 is 25.2. The first kappa shape index (κ1) is 23.6. The summed E-state index contributed by atoms with van der Waals surface area (Å²) in [5, 5.41) is 6.58. The third kappa shape index (κ3) is 4.24. The Bertz CT molecular complexity index is 1480. The number of aliphatic imine (C=N–C) groups is 1. The second kappa shape index (κ2) is 9.92. The average molecular weight is 512 g/mol. The van der Waals surface area contributed by atoms with E-state index in [0.29, 0.717) is 13.1 Å². The minimum Gasteiger partial charge on any atom is -0.496 e. The van der Waals surface area contributed by atoms with Crippen molar-refractivity contribution in [1.29, 1.82) is 0 Å². The third-order valence-corrected chi connectivity index (χ3v) is 7.66. The lowest BCUT2D eigenvalue weighted by molar-refractivity contribution is 0.388. The van der Waals surface area contributed by atoms with E-state index in [1.165, 1.54) is 12.1 Å². The van der Waals surface area contributed by atoms with Crippen LogP contribution in [0.15, 0.2) is 100 Å².